The van der Waals surface area contributed by atoms with Crippen molar-refractivity contribution in [2.45, 2.75) is 38.8 Å². The van der Waals surface area contributed by atoms with Gasteiger partial charge >= 0.3 is 0 Å². The summed E-state index contributed by atoms with van der Waals surface area (Å²) < 4.78 is 27.6. The Morgan fingerprint density at radius 2 is 2.12 bits per heavy atom. The Morgan fingerprint density at radius 1 is 1.50 bits per heavy atom. The van der Waals surface area contributed by atoms with Crippen LogP contribution in [0, 0.1) is 0 Å². The second-order valence-corrected chi connectivity index (χ2v) is 6.52. The summed E-state index contributed by atoms with van der Waals surface area (Å²) in [6.07, 6.45) is 1.91. The van der Waals surface area contributed by atoms with Gasteiger partial charge in [0, 0.05) is 32.2 Å². The van der Waals surface area contributed by atoms with E-state index in [0.29, 0.717) is 6.54 Å². The van der Waals surface area contributed by atoms with Gasteiger partial charge in [-0.15, -0.1) is 0 Å². The molecule has 0 aromatic rings. The van der Waals surface area contributed by atoms with Crippen LogP contribution in [0.4, 0.5) is 0 Å². The average Bonchev–Trinajstić information content (AvgIpc) is 2.65. The van der Waals surface area contributed by atoms with Crippen molar-refractivity contribution in [3.8, 4) is 0 Å². The maximum atomic E-state index is 12.3. The summed E-state index contributed by atoms with van der Waals surface area (Å²) in [5.74, 6) is 0. The van der Waals surface area contributed by atoms with E-state index in [9.17, 15) is 8.42 Å². The predicted octanol–water partition coefficient (Wildman–Crippen LogP) is 0.255. The van der Waals surface area contributed by atoms with Crippen molar-refractivity contribution >= 4 is 10.2 Å². The van der Waals surface area contributed by atoms with Crippen molar-refractivity contribution in [3.05, 3.63) is 0 Å². The molecule has 0 amide bonds. The van der Waals surface area contributed by atoms with Crippen LogP contribution in [-0.4, -0.2) is 56.3 Å². The minimum atomic E-state index is -3.28. The molecule has 0 bridgehead atoms. The normalized spacial score (nSPS) is 23.5. The third kappa shape index (κ3) is 2.74. The predicted molar refractivity (Wildman–Crippen MR) is 65.5 cm³/mol. The molecule has 1 rings (SSSR count). The average molecular weight is 249 g/mol. The van der Waals surface area contributed by atoms with Crippen LogP contribution < -0.4 is 5.32 Å². The van der Waals surface area contributed by atoms with Crippen molar-refractivity contribution in [1.82, 2.24) is 13.9 Å². The number of likely N-dealkylation sites (N-methyl/N-ethyl adjacent to an activating group) is 1. The molecule has 6 heteroatoms. The Bertz CT molecular complexity index is 316. The Balaban J connectivity index is 2.82. The molecule has 0 aromatic heterocycles. The van der Waals surface area contributed by atoms with E-state index < -0.39 is 10.2 Å². The lowest BCUT2D eigenvalue weighted by Crippen LogP contribution is -2.49. The van der Waals surface area contributed by atoms with Gasteiger partial charge in [0.2, 0.25) is 0 Å². The third-order valence-corrected chi connectivity index (χ3v) is 5.37. The van der Waals surface area contributed by atoms with Crippen LogP contribution >= 0.6 is 0 Å². The largest absolute Gasteiger partial charge is 0.318 e. The molecule has 16 heavy (non-hydrogen) atoms. The van der Waals surface area contributed by atoms with E-state index in [1.54, 1.807) is 11.4 Å². The Hall–Kier alpha value is -0.170. The minimum absolute atomic E-state index is 0.000774. The van der Waals surface area contributed by atoms with Crippen LogP contribution in [0.3, 0.4) is 0 Å². The first-order valence-corrected chi connectivity index (χ1v) is 7.20. The molecule has 1 atom stereocenters. The van der Waals surface area contributed by atoms with Crippen molar-refractivity contribution < 1.29 is 8.42 Å². The van der Waals surface area contributed by atoms with Crippen molar-refractivity contribution in [3.63, 3.8) is 0 Å². The molecule has 0 saturated carbocycles. The zero-order valence-electron chi connectivity index (χ0n) is 10.6. The van der Waals surface area contributed by atoms with Crippen LogP contribution in [0.1, 0.15) is 26.7 Å². The molecular formula is C10H23N3O2S. The summed E-state index contributed by atoms with van der Waals surface area (Å²) in [7, 11) is 0.221. The lowest BCUT2D eigenvalue weighted by Gasteiger charge is -2.30. The molecule has 1 fully saturated rings. The standard InChI is InChI=1S/C10H23N3O2S/c1-9(2)12(4)16(14,15)13-7-5-6-10(13)8-11-3/h9-11H,5-8H2,1-4H3. The van der Waals surface area contributed by atoms with Crippen LogP contribution in [0.2, 0.25) is 0 Å². The quantitative estimate of drug-likeness (QED) is 0.760. The molecule has 1 aliphatic rings. The zero-order chi connectivity index (χ0) is 12.3. The number of rotatable bonds is 5. The summed E-state index contributed by atoms with van der Waals surface area (Å²) >= 11 is 0. The summed E-state index contributed by atoms with van der Waals surface area (Å²) in [5.41, 5.74) is 0. The van der Waals surface area contributed by atoms with Gasteiger partial charge in [-0.2, -0.15) is 17.0 Å². The van der Waals surface area contributed by atoms with Crippen LogP contribution in [0.25, 0.3) is 0 Å². The fourth-order valence-corrected chi connectivity index (χ4v) is 3.76. The molecule has 5 nitrogen and oxygen atoms in total. The van der Waals surface area contributed by atoms with Gasteiger partial charge in [-0.1, -0.05) is 0 Å². The fraction of sp³-hybridized carbons (Fsp3) is 1.00. The number of nitrogens with zero attached hydrogens (tertiary/aromatic N) is 2. The third-order valence-electron chi connectivity index (χ3n) is 3.15. The molecule has 1 heterocycles. The minimum Gasteiger partial charge on any atom is -0.318 e. The molecule has 0 aliphatic carbocycles. The van der Waals surface area contributed by atoms with Crippen LogP contribution in [-0.2, 0) is 10.2 Å². The Labute approximate surface area is 99.0 Å². The van der Waals surface area contributed by atoms with E-state index in [4.69, 9.17) is 0 Å². The highest BCUT2D eigenvalue weighted by Gasteiger charge is 2.36. The first-order valence-electron chi connectivity index (χ1n) is 5.80. The highest BCUT2D eigenvalue weighted by atomic mass is 32.2. The summed E-state index contributed by atoms with van der Waals surface area (Å²) in [5, 5.41) is 3.06. The Morgan fingerprint density at radius 3 is 2.62 bits per heavy atom. The second kappa shape index (κ2) is 5.44. The van der Waals surface area contributed by atoms with Crippen LogP contribution in [0.5, 0.6) is 0 Å². The van der Waals surface area contributed by atoms with Crippen molar-refractivity contribution in [2.24, 2.45) is 0 Å². The van der Waals surface area contributed by atoms with E-state index in [2.05, 4.69) is 5.32 Å². The first-order chi connectivity index (χ1) is 7.41. The van der Waals surface area contributed by atoms with Gasteiger partial charge in [-0.05, 0) is 33.7 Å². The number of nitrogens with one attached hydrogen (secondary N) is 1. The van der Waals surface area contributed by atoms with E-state index in [-0.39, 0.29) is 12.1 Å². The van der Waals surface area contributed by atoms with Gasteiger partial charge in [0.05, 0.1) is 0 Å². The molecule has 1 saturated heterocycles. The monoisotopic (exact) mass is 249 g/mol. The van der Waals surface area contributed by atoms with Crippen molar-refractivity contribution in [1.29, 1.82) is 0 Å². The Kier molecular flexibility index (Phi) is 4.73. The highest BCUT2D eigenvalue weighted by Crippen LogP contribution is 2.23. The van der Waals surface area contributed by atoms with Gasteiger partial charge in [-0.3, -0.25) is 0 Å². The fourth-order valence-electron chi connectivity index (χ4n) is 1.98. The topological polar surface area (TPSA) is 52.7 Å². The van der Waals surface area contributed by atoms with Gasteiger partial charge in [0.25, 0.3) is 10.2 Å². The maximum Gasteiger partial charge on any atom is 0.282 e. The molecule has 0 spiro atoms. The van der Waals surface area contributed by atoms with Crippen LogP contribution in [0.15, 0.2) is 0 Å². The van der Waals surface area contributed by atoms with Gasteiger partial charge in [0.15, 0.2) is 0 Å². The molecule has 1 aliphatic heterocycles. The lowest BCUT2D eigenvalue weighted by atomic mass is 10.2. The van der Waals surface area contributed by atoms with Gasteiger partial charge in [0.1, 0.15) is 0 Å². The SMILES string of the molecule is CNCC1CCCN1S(=O)(=O)N(C)C(C)C. The zero-order valence-corrected chi connectivity index (χ0v) is 11.4. The van der Waals surface area contributed by atoms with Gasteiger partial charge in [-0.25, -0.2) is 0 Å². The molecule has 96 valence electrons. The molecule has 1 N–H and O–H groups in total. The second-order valence-electron chi connectivity index (χ2n) is 4.58. The first kappa shape index (κ1) is 13.9. The lowest BCUT2D eigenvalue weighted by molar-refractivity contribution is 0.319. The number of hydrogen-bond donors (Lipinski definition) is 1. The van der Waals surface area contributed by atoms with Crippen molar-refractivity contribution in [2.75, 3.05) is 27.2 Å². The summed E-state index contributed by atoms with van der Waals surface area (Å²) in [6.45, 7) is 5.15. The smallest absolute Gasteiger partial charge is 0.282 e. The maximum absolute atomic E-state index is 12.3. The molecule has 0 radical (unpaired) electrons. The summed E-state index contributed by atoms with van der Waals surface area (Å²) in [4.78, 5) is 0. The molecule has 0 aromatic carbocycles. The molecular weight excluding hydrogens is 226 g/mol. The van der Waals surface area contributed by atoms with E-state index in [0.717, 1.165) is 19.4 Å². The highest BCUT2D eigenvalue weighted by molar-refractivity contribution is 7.86. The van der Waals surface area contributed by atoms with Gasteiger partial charge < -0.3 is 5.32 Å². The van der Waals surface area contributed by atoms with E-state index >= 15 is 0 Å². The summed E-state index contributed by atoms with van der Waals surface area (Å²) in [6, 6.07) is 0.108. The molecule has 1 unspecified atom stereocenters. The van der Waals surface area contributed by atoms with E-state index in [1.807, 2.05) is 20.9 Å². The number of hydrogen-bond acceptors (Lipinski definition) is 3. The van der Waals surface area contributed by atoms with E-state index in [1.165, 1.54) is 4.31 Å².